The van der Waals surface area contributed by atoms with Crippen molar-refractivity contribution in [3.8, 4) is 0 Å². The number of rotatable bonds is 6. The van der Waals surface area contributed by atoms with Crippen molar-refractivity contribution >= 4 is 35.8 Å². The van der Waals surface area contributed by atoms with Gasteiger partial charge in [-0.05, 0) is 32.6 Å². The van der Waals surface area contributed by atoms with Crippen LogP contribution in [0.3, 0.4) is 0 Å². The molecular weight excluding hydrogens is 403 g/mol. The third-order valence-electron chi connectivity index (χ3n) is 4.62. The van der Waals surface area contributed by atoms with Crippen LogP contribution in [-0.4, -0.2) is 37.0 Å². The molecule has 0 aliphatic heterocycles. The van der Waals surface area contributed by atoms with Gasteiger partial charge in [-0.2, -0.15) is 0 Å². The van der Waals surface area contributed by atoms with E-state index in [4.69, 9.17) is 0 Å². The average molecular weight is 436 g/mol. The number of hydrogen-bond donors (Lipinski definition) is 3. The van der Waals surface area contributed by atoms with Crippen LogP contribution in [-0.2, 0) is 4.79 Å². The molecule has 2 saturated carbocycles. The van der Waals surface area contributed by atoms with Crippen LogP contribution in [0.1, 0.15) is 71.1 Å². The number of nitrogens with one attached hydrogen (secondary N) is 3. The van der Waals surface area contributed by atoms with Crippen LogP contribution in [0, 0.1) is 0 Å². The van der Waals surface area contributed by atoms with Crippen LogP contribution in [0.4, 0.5) is 0 Å². The van der Waals surface area contributed by atoms with Crippen molar-refractivity contribution in [3.05, 3.63) is 0 Å². The molecule has 0 heterocycles. The third kappa shape index (κ3) is 8.22. The lowest BCUT2D eigenvalue weighted by Crippen LogP contribution is -2.44. The summed E-state index contributed by atoms with van der Waals surface area (Å²) in [6.07, 6.45) is 11.7. The fraction of sp³-hybridized carbons (Fsp3) is 0.882. The highest BCUT2D eigenvalue weighted by Gasteiger charge is 2.17. The number of guanidine groups is 1. The van der Waals surface area contributed by atoms with Gasteiger partial charge in [0.1, 0.15) is 0 Å². The van der Waals surface area contributed by atoms with Gasteiger partial charge < -0.3 is 16.0 Å². The van der Waals surface area contributed by atoms with E-state index in [2.05, 4.69) is 27.9 Å². The van der Waals surface area contributed by atoms with Crippen molar-refractivity contribution in [2.24, 2.45) is 4.99 Å². The Bertz CT molecular complexity index is 364. The summed E-state index contributed by atoms with van der Waals surface area (Å²) in [4.78, 5) is 16.5. The maximum absolute atomic E-state index is 11.9. The number of carbonyl (C=O) groups excluding carboxylic acids is 1. The Morgan fingerprint density at radius 3 is 2.13 bits per heavy atom. The van der Waals surface area contributed by atoms with E-state index in [9.17, 15) is 4.79 Å². The molecule has 6 heteroatoms. The number of halogens is 1. The first-order valence-corrected chi connectivity index (χ1v) is 9.12. The molecule has 3 N–H and O–H groups in total. The highest BCUT2D eigenvalue weighted by Crippen LogP contribution is 2.18. The van der Waals surface area contributed by atoms with Gasteiger partial charge in [0.05, 0.1) is 6.54 Å². The summed E-state index contributed by atoms with van der Waals surface area (Å²) in [5.74, 6) is 1.01. The van der Waals surface area contributed by atoms with Crippen molar-refractivity contribution in [1.82, 2.24) is 16.0 Å². The van der Waals surface area contributed by atoms with E-state index in [1.165, 1.54) is 44.9 Å². The van der Waals surface area contributed by atoms with Crippen LogP contribution < -0.4 is 16.0 Å². The second-order valence-corrected chi connectivity index (χ2v) is 6.54. The molecule has 0 spiro atoms. The molecule has 2 fully saturated rings. The van der Waals surface area contributed by atoms with E-state index in [0.717, 1.165) is 25.3 Å². The molecule has 0 unspecified atom stereocenters. The molecular formula is C17H33IN4O. The summed E-state index contributed by atoms with van der Waals surface area (Å²) in [6, 6.07) is 0.948. The SMILES string of the molecule is CCNC(=NCCC(=O)NC1CCCC1)NC1CCCCC1.I. The molecule has 0 bridgehead atoms. The summed E-state index contributed by atoms with van der Waals surface area (Å²) < 4.78 is 0. The fourth-order valence-corrected chi connectivity index (χ4v) is 3.40. The summed E-state index contributed by atoms with van der Waals surface area (Å²) in [7, 11) is 0. The predicted octanol–water partition coefficient (Wildman–Crippen LogP) is 2.94. The van der Waals surface area contributed by atoms with Crippen LogP contribution in [0.25, 0.3) is 0 Å². The second kappa shape index (κ2) is 11.9. The Hall–Kier alpha value is -0.530. The molecule has 2 aliphatic carbocycles. The molecule has 0 aromatic carbocycles. The van der Waals surface area contributed by atoms with E-state index in [1.807, 2.05) is 0 Å². The molecule has 1 amide bonds. The maximum Gasteiger partial charge on any atom is 0.222 e. The van der Waals surface area contributed by atoms with E-state index < -0.39 is 0 Å². The minimum absolute atomic E-state index is 0. The minimum Gasteiger partial charge on any atom is -0.357 e. The van der Waals surface area contributed by atoms with E-state index >= 15 is 0 Å². The molecule has 134 valence electrons. The van der Waals surface area contributed by atoms with Crippen LogP contribution in [0.15, 0.2) is 4.99 Å². The molecule has 0 aromatic rings. The lowest BCUT2D eigenvalue weighted by atomic mass is 9.96. The predicted molar refractivity (Wildman–Crippen MR) is 106 cm³/mol. The zero-order valence-electron chi connectivity index (χ0n) is 14.4. The first-order chi connectivity index (χ1) is 10.8. The summed E-state index contributed by atoms with van der Waals surface area (Å²) in [6.45, 7) is 3.48. The average Bonchev–Trinajstić information content (AvgIpc) is 3.01. The summed E-state index contributed by atoms with van der Waals surface area (Å²) in [5.41, 5.74) is 0. The van der Waals surface area contributed by atoms with Gasteiger partial charge in [-0.3, -0.25) is 9.79 Å². The molecule has 2 aliphatic rings. The fourth-order valence-electron chi connectivity index (χ4n) is 3.40. The van der Waals surface area contributed by atoms with Crippen molar-refractivity contribution in [1.29, 1.82) is 0 Å². The van der Waals surface area contributed by atoms with Gasteiger partial charge in [-0.15, -0.1) is 24.0 Å². The van der Waals surface area contributed by atoms with E-state index in [-0.39, 0.29) is 29.9 Å². The summed E-state index contributed by atoms with van der Waals surface area (Å²) >= 11 is 0. The Morgan fingerprint density at radius 1 is 0.957 bits per heavy atom. The topological polar surface area (TPSA) is 65.5 Å². The molecule has 0 saturated heterocycles. The third-order valence-corrected chi connectivity index (χ3v) is 4.62. The van der Waals surface area contributed by atoms with Gasteiger partial charge in [0.15, 0.2) is 5.96 Å². The molecule has 23 heavy (non-hydrogen) atoms. The number of hydrogen-bond acceptors (Lipinski definition) is 2. The van der Waals surface area contributed by atoms with Crippen LogP contribution >= 0.6 is 24.0 Å². The van der Waals surface area contributed by atoms with Crippen molar-refractivity contribution in [2.75, 3.05) is 13.1 Å². The van der Waals surface area contributed by atoms with E-state index in [1.54, 1.807) is 0 Å². The number of amides is 1. The second-order valence-electron chi connectivity index (χ2n) is 6.54. The van der Waals surface area contributed by atoms with E-state index in [0.29, 0.717) is 25.0 Å². The molecule has 0 radical (unpaired) electrons. The lowest BCUT2D eigenvalue weighted by molar-refractivity contribution is -0.121. The molecule has 0 aromatic heterocycles. The summed E-state index contributed by atoms with van der Waals surface area (Å²) in [5, 5.41) is 9.91. The highest BCUT2D eigenvalue weighted by atomic mass is 127. The number of nitrogens with zero attached hydrogens (tertiary/aromatic N) is 1. The van der Waals surface area contributed by atoms with Crippen molar-refractivity contribution < 1.29 is 4.79 Å². The highest BCUT2D eigenvalue weighted by molar-refractivity contribution is 14.0. The quantitative estimate of drug-likeness (QED) is 0.341. The zero-order chi connectivity index (χ0) is 15.6. The monoisotopic (exact) mass is 436 g/mol. The normalized spacial score (nSPS) is 20.0. The van der Waals surface area contributed by atoms with Gasteiger partial charge in [0, 0.05) is 25.0 Å². The van der Waals surface area contributed by atoms with Crippen LogP contribution in [0.2, 0.25) is 0 Å². The Labute approximate surface area is 157 Å². The Kier molecular flexibility index (Phi) is 10.6. The smallest absolute Gasteiger partial charge is 0.222 e. The number of aliphatic imine (C=N–C) groups is 1. The Balaban J connectivity index is 0.00000264. The van der Waals surface area contributed by atoms with Crippen molar-refractivity contribution in [2.45, 2.75) is 83.2 Å². The maximum atomic E-state index is 11.9. The first kappa shape index (κ1) is 20.5. The van der Waals surface area contributed by atoms with Gasteiger partial charge in [-0.1, -0.05) is 32.1 Å². The molecule has 5 nitrogen and oxygen atoms in total. The molecule has 2 rings (SSSR count). The zero-order valence-corrected chi connectivity index (χ0v) is 16.7. The Morgan fingerprint density at radius 2 is 1.52 bits per heavy atom. The van der Waals surface area contributed by atoms with Crippen LogP contribution in [0.5, 0.6) is 0 Å². The van der Waals surface area contributed by atoms with Crippen molar-refractivity contribution in [3.63, 3.8) is 0 Å². The van der Waals surface area contributed by atoms with Gasteiger partial charge in [0.25, 0.3) is 0 Å². The largest absolute Gasteiger partial charge is 0.357 e. The number of carbonyl (C=O) groups is 1. The standard InChI is InChI=1S/C17H32N4O.HI/c1-2-18-17(21-15-8-4-3-5-9-15)19-13-12-16(22)20-14-10-6-7-11-14;/h14-15H,2-13H2,1H3,(H,20,22)(H2,18,19,21);1H. The van der Waals surface area contributed by atoms with Gasteiger partial charge >= 0.3 is 0 Å². The molecule has 0 atom stereocenters. The van der Waals surface area contributed by atoms with Gasteiger partial charge in [0.2, 0.25) is 5.91 Å². The minimum atomic E-state index is 0. The van der Waals surface area contributed by atoms with Gasteiger partial charge in [-0.25, -0.2) is 0 Å². The first-order valence-electron chi connectivity index (χ1n) is 9.12. The lowest BCUT2D eigenvalue weighted by Gasteiger charge is -2.24.